The number of hydrogen-bond acceptors (Lipinski definition) is 3. The summed E-state index contributed by atoms with van der Waals surface area (Å²) in [5.41, 5.74) is 4.35. The Labute approximate surface area is 115 Å². The Bertz CT molecular complexity index is 247. The maximum Gasteiger partial charge on any atom is 0.426 e. The van der Waals surface area contributed by atoms with Gasteiger partial charge < -0.3 is 10.1 Å². The van der Waals surface area contributed by atoms with Gasteiger partial charge in [0.2, 0.25) is 0 Å². The van der Waals surface area contributed by atoms with E-state index in [9.17, 15) is 9.59 Å². The molecule has 0 spiro atoms. The van der Waals surface area contributed by atoms with Crippen LogP contribution in [-0.2, 0) is 4.74 Å². The van der Waals surface area contributed by atoms with Crippen molar-refractivity contribution >= 4 is 12.1 Å². The smallest absolute Gasteiger partial charge is 0.426 e. The van der Waals surface area contributed by atoms with E-state index in [1.807, 2.05) is 0 Å². The van der Waals surface area contributed by atoms with Crippen LogP contribution >= 0.6 is 0 Å². The summed E-state index contributed by atoms with van der Waals surface area (Å²) < 4.78 is 4.59. The Hall–Kier alpha value is -1.46. The maximum absolute atomic E-state index is 11.2. The van der Waals surface area contributed by atoms with Crippen LogP contribution in [0.4, 0.5) is 9.59 Å². The summed E-state index contributed by atoms with van der Waals surface area (Å²) in [6.45, 7) is 4.78. The largest absolute Gasteiger partial charge is 0.449 e. The third-order valence-electron chi connectivity index (χ3n) is 2.62. The Kier molecular flexibility index (Phi) is 12.0. The number of urea groups is 1. The lowest BCUT2D eigenvalue weighted by atomic mass is 10.1. The van der Waals surface area contributed by atoms with Crippen molar-refractivity contribution in [2.24, 2.45) is 0 Å². The van der Waals surface area contributed by atoms with Gasteiger partial charge in [-0.05, 0) is 13.3 Å². The molecule has 0 fully saturated rings. The molecule has 3 N–H and O–H groups in total. The van der Waals surface area contributed by atoms with Gasteiger partial charge in [0.1, 0.15) is 0 Å². The fraction of sp³-hybridized carbons (Fsp3) is 0.846. The fourth-order valence-electron chi connectivity index (χ4n) is 1.60. The standard InChI is InChI=1S/C13H27N3O3/c1-3-5-6-7-8-9-10-11-14-12(17)15-16-13(18)19-4-2/h3-11H2,1-2H3,(H,16,18)(H2,14,15,17). The highest BCUT2D eigenvalue weighted by Crippen LogP contribution is 2.06. The molecular formula is C13H27N3O3. The van der Waals surface area contributed by atoms with Crippen LogP contribution in [0.2, 0.25) is 0 Å². The van der Waals surface area contributed by atoms with E-state index in [1.54, 1.807) is 6.92 Å². The lowest BCUT2D eigenvalue weighted by Gasteiger charge is -2.08. The molecule has 0 radical (unpaired) electrons. The Morgan fingerprint density at radius 2 is 1.53 bits per heavy atom. The minimum absolute atomic E-state index is 0.271. The second-order valence-corrected chi connectivity index (χ2v) is 4.35. The van der Waals surface area contributed by atoms with Gasteiger partial charge in [-0.1, -0.05) is 45.4 Å². The SMILES string of the molecule is CCCCCCCCCNC(=O)NNC(=O)OCC. The molecule has 112 valence electrons. The van der Waals surface area contributed by atoms with Gasteiger partial charge >= 0.3 is 12.1 Å². The van der Waals surface area contributed by atoms with Crippen molar-refractivity contribution in [2.75, 3.05) is 13.2 Å². The summed E-state index contributed by atoms with van der Waals surface area (Å²) >= 11 is 0. The van der Waals surface area contributed by atoms with Crippen molar-refractivity contribution in [2.45, 2.75) is 58.8 Å². The first-order chi connectivity index (χ1) is 9.20. The number of carbonyl (C=O) groups is 2. The summed E-state index contributed by atoms with van der Waals surface area (Å²) in [4.78, 5) is 22.1. The van der Waals surface area contributed by atoms with E-state index in [-0.39, 0.29) is 6.61 Å². The van der Waals surface area contributed by atoms with Gasteiger partial charge in [-0.25, -0.2) is 20.4 Å². The van der Waals surface area contributed by atoms with Gasteiger partial charge in [0.05, 0.1) is 6.61 Å². The van der Waals surface area contributed by atoms with Crippen molar-refractivity contribution in [3.63, 3.8) is 0 Å². The molecule has 0 saturated heterocycles. The zero-order valence-corrected chi connectivity index (χ0v) is 12.1. The molecule has 19 heavy (non-hydrogen) atoms. The first-order valence-electron chi connectivity index (χ1n) is 7.17. The highest BCUT2D eigenvalue weighted by molar-refractivity contribution is 5.77. The number of ether oxygens (including phenoxy) is 1. The summed E-state index contributed by atoms with van der Waals surface area (Å²) in [5, 5.41) is 2.66. The molecule has 0 aliphatic carbocycles. The molecule has 6 heteroatoms. The minimum Gasteiger partial charge on any atom is -0.449 e. The molecule has 0 atom stereocenters. The molecule has 0 aromatic carbocycles. The summed E-state index contributed by atoms with van der Waals surface area (Å²) in [5.74, 6) is 0. The predicted molar refractivity (Wildman–Crippen MR) is 74.7 cm³/mol. The molecule has 0 unspecified atom stereocenters. The molecule has 0 aliphatic heterocycles. The van der Waals surface area contributed by atoms with Crippen molar-refractivity contribution in [3.8, 4) is 0 Å². The lowest BCUT2D eigenvalue weighted by molar-refractivity contribution is 0.147. The second kappa shape index (κ2) is 13.0. The molecule has 0 aromatic rings. The number of nitrogens with one attached hydrogen (secondary N) is 3. The first kappa shape index (κ1) is 17.5. The number of hydrogen-bond donors (Lipinski definition) is 3. The normalized spacial score (nSPS) is 9.79. The van der Waals surface area contributed by atoms with Crippen LogP contribution in [-0.4, -0.2) is 25.3 Å². The van der Waals surface area contributed by atoms with E-state index in [1.165, 1.54) is 32.1 Å². The molecule has 0 saturated carbocycles. The molecule has 0 heterocycles. The zero-order valence-electron chi connectivity index (χ0n) is 12.1. The minimum atomic E-state index is -0.659. The summed E-state index contributed by atoms with van der Waals surface area (Å²) in [6.07, 6.45) is 7.76. The van der Waals surface area contributed by atoms with Crippen molar-refractivity contribution in [1.29, 1.82) is 0 Å². The third-order valence-corrected chi connectivity index (χ3v) is 2.62. The third kappa shape index (κ3) is 12.8. The van der Waals surface area contributed by atoms with Gasteiger partial charge in [0.25, 0.3) is 0 Å². The van der Waals surface area contributed by atoms with E-state index < -0.39 is 12.1 Å². The number of rotatable bonds is 9. The maximum atomic E-state index is 11.2. The van der Waals surface area contributed by atoms with Gasteiger partial charge in [-0.3, -0.25) is 0 Å². The Morgan fingerprint density at radius 3 is 2.16 bits per heavy atom. The number of hydrazine groups is 1. The predicted octanol–water partition coefficient (Wildman–Crippen LogP) is 2.70. The monoisotopic (exact) mass is 273 g/mol. The lowest BCUT2D eigenvalue weighted by Crippen LogP contribution is -2.47. The highest BCUT2D eigenvalue weighted by Gasteiger charge is 2.02. The molecule has 0 aliphatic rings. The number of carbonyl (C=O) groups excluding carboxylic acids is 2. The zero-order chi connectivity index (χ0) is 14.3. The molecule has 6 nitrogen and oxygen atoms in total. The molecule has 0 aromatic heterocycles. The fourth-order valence-corrected chi connectivity index (χ4v) is 1.60. The van der Waals surface area contributed by atoms with E-state index in [0.717, 1.165) is 12.8 Å². The van der Waals surface area contributed by atoms with Gasteiger partial charge in [0, 0.05) is 6.54 Å². The van der Waals surface area contributed by atoms with Gasteiger partial charge in [-0.2, -0.15) is 0 Å². The average molecular weight is 273 g/mol. The quantitative estimate of drug-likeness (QED) is 0.446. The van der Waals surface area contributed by atoms with E-state index in [4.69, 9.17) is 0 Å². The number of unbranched alkanes of at least 4 members (excludes halogenated alkanes) is 6. The Balaban J connectivity index is 3.27. The van der Waals surface area contributed by atoms with Gasteiger partial charge in [-0.15, -0.1) is 0 Å². The molecule has 0 rings (SSSR count). The molecule has 0 bridgehead atoms. The summed E-state index contributed by atoms with van der Waals surface area (Å²) in [6, 6.07) is -0.418. The topological polar surface area (TPSA) is 79.5 Å². The van der Waals surface area contributed by atoms with Crippen LogP contribution in [0.15, 0.2) is 0 Å². The van der Waals surface area contributed by atoms with Crippen LogP contribution in [0, 0.1) is 0 Å². The van der Waals surface area contributed by atoms with Gasteiger partial charge in [0.15, 0.2) is 0 Å². The summed E-state index contributed by atoms with van der Waals surface area (Å²) in [7, 11) is 0. The van der Waals surface area contributed by atoms with Crippen LogP contribution in [0.1, 0.15) is 58.8 Å². The van der Waals surface area contributed by atoms with Crippen molar-refractivity contribution in [1.82, 2.24) is 16.2 Å². The average Bonchev–Trinajstić information content (AvgIpc) is 2.40. The van der Waals surface area contributed by atoms with Crippen molar-refractivity contribution < 1.29 is 14.3 Å². The van der Waals surface area contributed by atoms with Crippen LogP contribution in [0.3, 0.4) is 0 Å². The number of amides is 3. The molecular weight excluding hydrogens is 246 g/mol. The van der Waals surface area contributed by atoms with Crippen LogP contribution in [0.5, 0.6) is 0 Å². The second-order valence-electron chi connectivity index (χ2n) is 4.35. The van der Waals surface area contributed by atoms with Crippen LogP contribution in [0.25, 0.3) is 0 Å². The van der Waals surface area contributed by atoms with E-state index >= 15 is 0 Å². The first-order valence-corrected chi connectivity index (χ1v) is 7.17. The van der Waals surface area contributed by atoms with Crippen molar-refractivity contribution in [3.05, 3.63) is 0 Å². The van der Waals surface area contributed by atoms with E-state index in [2.05, 4.69) is 27.8 Å². The highest BCUT2D eigenvalue weighted by atomic mass is 16.6. The molecule has 3 amide bonds. The van der Waals surface area contributed by atoms with E-state index in [0.29, 0.717) is 6.54 Å². The Morgan fingerprint density at radius 1 is 0.895 bits per heavy atom. The van der Waals surface area contributed by atoms with Crippen LogP contribution < -0.4 is 16.2 Å².